The second-order valence-electron chi connectivity index (χ2n) is 7.23. The molecule has 4 N–H and O–H groups in total. The van der Waals surface area contributed by atoms with Gasteiger partial charge < -0.3 is 25.5 Å². The average molecular weight is 393 g/mol. The van der Waals surface area contributed by atoms with Crippen molar-refractivity contribution < 1.29 is 18.7 Å². The smallest absolute Gasteiger partial charge is 0.255 e. The fourth-order valence-corrected chi connectivity index (χ4v) is 3.63. The molecule has 2 amide bonds. The number of rotatable bonds is 6. The van der Waals surface area contributed by atoms with Gasteiger partial charge in [-0.2, -0.15) is 0 Å². The largest absolute Gasteiger partial charge is 0.489 e. The van der Waals surface area contributed by atoms with E-state index in [9.17, 15) is 9.59 Å². The SMILES string of the molecule is Cc1oc2ccc(OCc3ccccc3)cc2c1C(=O)NC1CN[C@@H](C(N)=O)C1. The summed E-state index contributed by atoms with van der Waals surface area (Å²) in [4.78, 5) is 24.2. The van der Waals surface area contributed by atoms with Crippen LogP contribution in [0.1, 0.15) is 28.1 Å². The van der Waals surface area contributed by atoms with Crippen LogP contribution in [0.4, 0.5) is 0 Å². The number of nitrogens with one attached hydrogen (secondary N) is 2. The summed E-state index contributed by atoms with van der Waals surface area (Å²) in [5.74, 6) is 0.549. The molecule has 1 saturated heterocycles. The second-order valence-corrected chi connectivity index (χ2v) is 7.23. The summed E-state index contributed by atoms with van der Waals surface area (Å²) in [5, 5.41) is 6.68. The van der Waals surface area contributed by atoms with Crippen molar-refractivity contribution in [3.05, 3.63) is 65.4 Å². The van der Waals surface area contributed by atoms with Crippen LogP contribution in [0, 0.1) is 6.92 Å². The molecule has 1 unspecified atom stereocenters. The van der Waals surface area contributed by atoms with Crippen LogP contribution < -0.4 is 21.1 Å². The Bertz CT molecular complexity index is 1040. The van der Waals surface area contributed by atoms with Crippen molar-refractivity contribution in [3.8, 4) is 5.75 Å². The molecule has 3 aromatic rings. The highest BCUT2D eigenvalue weighted by Gasteiger charge is 2.30. The minimum absolute atomic E-state index is 0.165. The number of primary amides is 1. The number of carbonyl (C=O) groups excluding carboxylic acids is 2. The number of hydrogen-bond acceptors (Lipinski definition) is 5. The van der Waals surface area contributed by atoms with Gasteiger partial charge in [0.25, 0.3) is 5.91 Å². The fourth-order valence-electron chi connectivity index (χ4n) is 3.63. The van der Waals surface area contributed by atoms with Gasteiger partial charge in [0.05, 0.1) is 11.6 Å². The van der Waals surface area contributed by atoms with E-state index in [0.29, 0.717) is 47.6 Å². The van der Waals surface area contributed by atoms with E-state index in [-0.39, 0.29) is 11.9 Å². The third-order valence-corrected chi connectivity index (χ3v) is 5.12. The number of nitrogens with two attached hydrogens (primary N) is 1. The minimum Gasteiger partial charge on any atom is -0.489 e. The number of ether oxygens (including phenoxy) is 1. The molecule has 150 valence electrons. The van der Waals surface area contributed by atoms with Crippen LogP contribution in [0.5, 0.6) is 5.75 Å². The lowest BCUT2D eigenvalue weighted by Crippen LogP contribution is -2.36. The van der Waals surface area contributed by atoms with E-state index in [1.165, 1.54) is 0 Å². The first-order valence-electron chi connectivity index (χ1n) is 9.54. The van der Waals surface area contributed by atoms with E-state index >= 15 is 0 Å². The van der Waals surface area contributed by atoms with Crippen LogP contribution in [-0.2, 0) is 11.4 Å². The van der Waals surface area contributed by atoms with Crippen molar-refractivity contribution in [1.29, 1.82) is 0 Å². The van der Waals surface area contributed by atoms with Crippen LogP contribution in [0.25, 0.3) is 11.0 Å². The van der Waals surface area contributed by atoms with Gasteiger partial charge in [0.2, 0.25) is 5.91 Å². The van der Waals surface area contributed by atoms with Gasteiger partial charge >= 0.3 is 0 Å². The summed E-state index contributed by atoms with van der Waals surface area (Å²) in [6, 6.07) is 14.7. The van der Waals surface area contributed by atoms with E-state index in [1.807, 2.05) is 42.5 Å². The molecule has 29 heavy (non-hydrogen) atoms. The number of fused-ring (bicyclic) bond motifs is 1. The second kappa shape index (κ2) is 7.97. The molecule has 0 bridgehead atoms. The van der Waals surface area contributed by atoms with Crippen molar-refractivity contribution in [3.63, 3.8) is 0 Å². The van der Waals surface area contributed by atoms with Gasteiger partial charge in [-0.25, -0.2) is 0 Å². The molecule has 4 rings (SSSR count). The highest BCUT2D eigenvalue weighted by atomic mass is 16.5. The van der Waals surface area contributed by atoms with Gasteiger partial charge in [0.1, 0.15) is 23.7 Å². The maximum Gasteiger partial charge on any atom is 0.255 e. The number of aryl methyl sites for hydroxylation is 1. The van der Waals surface area contributed by atoms with Crippen LogP contribution in [0.2, 0.25) is 0 Å². The molecule has 0 saturated carbocycles. The monoisotopic (exact) mass is 393 g/mol. The van der Waals surface area contributed by atoms with Crippen molar-refractivity contribution in [1.82, 2.24) is 10.6 Å². The summed E-state index contributed by atoms with van der Waals surface area (Å²) in [5.41, 5.74) is 7.49. The minimum atomic E-state index is -0.416. The normalized spacial score (nSPS) is 18.7. The Kier molecular flexibility index (Phi) is 5.22. The van der Waals surface area contributed by atoms with Gasteiger partial charge in [-0.3, -0.25) is 9.59 Å². The Morgan fingerprint density at radius 3 is 2.76 bits per heavy atom. The highest BCUT2D eigenvalue weighted by Crippen LogP contribution is 2.29. The molecule has 1 fully saturated rings. The molecule has 2 atom stereocenters. The Labute approximate surface area is 168 Å². The molecule has 0 radical (unpaired) electrons. The third-order valence-electron chi connectivity index (χ3n) is 5.12. The standard InChI is InChI=1S/C22H23N3O4/c1-13-20(22(27)25-15-9-18(21(23)26)24-11-15)17-10-16(7-8-19(17)29-13)28-12-14-5-3-2-4-6-14/h2-8,10,15,18,24H,9,11-12H2,1H3,(H2,23,26)(H,25,27)/t15?,18-/m1/s1. The zero-order valence-electron chi connectivity index (χ0n) is 16.1. The summed E-state index contributed by atoms with van der Waals surface area (Å²) in [6.07, 6.45) is 0.474. The van der Waals surface area contributed by atoms with E-state index in [4.69, 9.17) is 14.9 Å². The van der Waals surface area contributed by atoms with Gasteiger partial charge in [-0.05, 0) is 37.1 Å². The molecule has 2 aromatic carbocycles. The maximum absolute atomic E-state index is 12.9. The van der Waals surface area contributed by atoms with Crippen LogP contribution in [-0.4, -0.2) is 30.4 Å². The average Bonchev–Trinajstić information content (AvgIpc) is 3.30. The predicted molar refractivity (Wildman–Crippen MR) is 109 cm³/mol. The van der Waals surface area contributed by atoms with E-state index in [2.05, 4.69) is 10.6 Å². The number of amides is 2. The van der Waals surface area contributed by atoms with Gasteiger partial charge in [-0.1, -0.05) is 30.3 Å². The lowest BCUT2D eigenvalue weighted by atomic mass is 10.1. The third kappa shape index (κ3) is 4.09. The molecular formula is C22H23N3O4. The Morgan fingerprint density at radius 2 is 2.03 bits per heavy atom. The Balaban J connectivity index is 1.51. The lowest BCUT2D eigenvalue weighted by Gasteiger charge is -2.11. The molecule has 7 nitrogen and oxygen atoms in total. The van der Waals surface area contributed by atoms with Crippen molar-refractivity contribution in [2.75, 3.05) is 6.54 Å². The van der Waals surface area contributed by atoms with Crippen molar-refractivity contribution >= 4 is 22.8 Å². The number of furan rings is 1. The van der Waals surface area contributed by atoms with Crippen LogP contribution in [0.15, 0.2) is 52.9 Å². The van der Waals surface area contributed by atoms with Gasteiger partial charge in [0.15, 0.2) is 0 Å². The van der Waals surface area contributed by atoms with E-state index < -0.39 is 11.9 Å². The predicted octanol–water partition coefficient (Wildman–Crippen LogP) is 2.27. The van der Waals surface area contributed by atoms with E-state index in [1.54, 1.807) is 13.0 Å². The molecule has 0 spiro atoms. The molecule has 7 heteroatoms. The zero-order chi connectivity index (χ0) is 20.4. The van der Waals surface area contributed by atoms with E-state index in [0.717, 1.165) is 5.56 Å². The number of benzene rings is 2. The molecule has 1 aliphatic rings. The summed E-state index contributed by atoms with van der Waals surface area (Å²) >= 11 is 0. The van der Waals surface area contributed by atoms with Gasteiger partial charge in [-0.15, -0.1) is 0 Å². The Morgan fingerprint density at radius 1 is 1.24 bits per heavy atom. The number of carbonyl (C=O) groups is 2. The fraction of sp³-hybridized carbons (Fsp3) is 0.273. The highest BCUT2D eigenvalue weighted by molar-refractivity contribution is 6.07. The Hall–Kier alpha value is -3.32. The summed E-state index contributed by atoms with van der Waals surface area (Å²) in [7, 11) is 0. The lowest BCUT2D eigenvalue weighted by molar-refractivity contribution is -0.119. The van der Waals surface area contributed by atoms with Crippen LogP contribution in [0.3, 0.4) is 0 Å². The van der Waals surface area contributed by atoms with Crippen LogP contribution >= 0.6 is 0 Å². The first kappa shape index (κ1) is 19.0. The molecule has 2 heterocycles. The first-order chi connectivity index (χ1) is 14.0. The molecule has 1 aromatic heterocycles. The molecule has 0 aliphatic carbocycles. The maximum atomic E-state index is 12.9. The molecule has 1 aliphatic heterocycles. The van der Waals surface area contributed by atoms with Crippen molar-refractivity contribution in [2.45, 2.75) is 32.0 Å². The zero-order valence-corrected chi connectivity index (χ0v) is 16.1. The number of hydrogen-bond donors (Lipinski definition) is 3. The van der Waals surface area contributed by atoms with Gasteiger partial charge in [0, 0.05) is 18.0 Å². The quantitative estimate of drug-likeness (QED) is 0.596. The summed E-state index contributed by atoms with van der Waals surface area (Å²) in [6.45, 7) is 2.70. The topological polar surface area (TPSA) is 107 Å². The van der Waals surface area contributed by atoms with Crippen molar-refractivity contribution in [2.24, 2.45) is 5.73 Å². The summed E-state index contributed by atoms with van der Waals surface area (Å²) < 4.78 is 11.6. The molecular weight excluding hydrogens is 370 g/mol. The first-order valence-corrected chi connectivity index (χ1v) is 9.54.